The van der Waals surface area contributed by atoms with Crippen LogP contribution in [0.15, 0.2) is 0 Å². The van der Waals surface area contributed by atoms with E-state index in [0.717, 1.165) is 19.6 Å². The van der Waals surface area contributed by atoms with Gasteiger partial charge in [0.05, 0.1) is 25.4 Å². The van der Waals surface area contributed by atoms with Crippen LogP contribution in [0.2, 0.25) is 0 Å². The van der Waals surface area contributed by atoms with E-state index in [2.05, 4.69) is 0 Å². The van der Waals surface area contributed by atoms with Crippen LogP contribution in [0.3, 0.4) is 0 Å². The molecule has 2 aliphatic heterocycles. The average molecular weight is 266 g/mol. The highest BCUT2D eigenvalue weighted by atomic mass is 16.7. The number of hydrogen-bond donors (Lipinski definition) is 0. The summed E-state index contributed by atoms with van der Waals surface area (Å²) in [5.41, 5.74) is 0. The third-order valence-electron chi connectivity index (χ3n) is 5.69. The topological polar surface area (TPSA) is 31.0 Å². The molecule has 19 heavy (non-hydrogen) atoms. The second-order valence-corrected chi connectivity index (χ2v) is 6.83. The Balaban J connectivity index is 1.55. The van der Waals surface area contributed by atoms with Gasteiger partial charge < -0.3 is 14.2 Å². The summed E-state index contributed by atoms with van der Waals surface area (Å²) in [6, 6.07) is 0. The Labute approximate surface area is 116 Å². The van der Waals surface area contributed by atoms with Gasteiger partial charge in [0, 0.05) is 11.8 Å². The van der Waals surface area contributed by atoms with Gasteiger partial charge in [-0.05, 0) is 38.5 Å². The Morgan fingerprint density at radius 2 is 1.47 bits per heavy atom. The van der Waals surface area contributed by atoms with Crippen LogP contribution in [-0.4, -0.2) is 31.2 Å². The molecular formula is C16H26O3. The predicted octanol–water partition coefficient (Wildman–Crippen LogP) is 3.27. The monoisotopic (exact) mass is 266 g/mol. The summed E-state index contributed by atoms with van der Waals surface area (Å²) < 4.78 is 18.4. The van der Waals surface area contributed by atoms with Crippen molar-refractivity contribution < 1.29 is 14.2 Å². The molecule has 0 spiro atoms. The molecule has 0 aromatic rings. The SMILES string of the molecule is C1CCC(C2(C3CCC4OC4C3)OCCCO2)CC1. The van der Waals surface area contributed by atoms with Crippen LogP contribution in [0.1, 0.15) is 57.8 Å². The quantitative estimate of drug-likeness (QED) is 0.719. The lowest BCUT2D eigenvalue weighted by Crippen LogP contribution is -2.54. The zero-order valence-electron chi connectivity index (χ0n) is 11.8. The van der Waals surface area contributed by atoms with Gasteiger partial charge in [0.15, 0.2) is 5.79 Å². The second kappa shape index (κ2) is 5.01. The molecule has 4 fully saturated rings. The molecule has 0 N–H and O–H groups in total. The van der Waals surface area contributed by atoms with Crippen LogP contribution < -0.4 is 0 Å². The van der Waals surface area contributed by atoms with Crippen molar-refractivity contribution >= 4 is 0 Å². The first-order valence-corrected chi connectivity index (χ1v) is 8.32. The van der Waals surface area contributed by atoms with Gasteiger partial charge in [-0.15, -0.1) is 0 Å². The molecule has 0 amide bonds. The molecule has 2 saturated carbocycles. The van der Waals surface area contributed by atoms with Crippen LogP contribution >= 0.6 is 0 Å². The standard InChI is InChI=1S/C16H26O3/c1-2-5-12(6-3-1)16(17-9-4-10-18-16)13-7-8-14-15(11-13)19-14/h12-15H,1-11H2. The lowest BCUT2D eigenvalue weighted by Gasteiger charge is -2.49. The molecule has 0 aromatic heterocycles. The van der Waals surface area contributed by atoms with Crippen molar-refractivity contribution in [2.45, 2.75) is 75.8 Å². The van der Waals surface area contributed by atoms with Crippen molar-refractivity contribution in [3.8, 4) is 0 Å². The highest BCUT2D eigenvalue weighted by molar-refractivity contribution is 4.99. The molecule has 0 aromatic carbocycles. The van der Waals surface area contributed by atoms with Gasteiger partial charge in [0.25, 0.3) is 0 Å². The Bertz CT molecular complexity index is 318. The van der Waals surface area contributed by atoms with Gasteiger partial charge in [-0.25, -0.2) is 0 Å². The maximum Gasteiger partial charge on any atom is 0.173 e. The van der Waals surface area contributed by atoms with Crippen LogP contribution in [-0.2, 0) is 14.2 Å². The Morgan fingerprint density at radius 3 is 2.21 bits per heavy atom. The normalized spacial score (nSPS) is 42.6. The minimum Gasteiger partial charge on any atom is -0.370 e. The maximum absolute atomic E-state index is 6.33. The van der Waals surface area contributed by atoms with Crippen molar-refractivity contribution in [2.24, 2.45) is 11.8 Å². The first-order valence-electron chi connectivity index (χ1n) is 8.32. The van der Waals surface area contributed by atoms with E-state index >= 15 is 0 Å². The van der Waals surface area contributed by atoms with E-state index in [9.17, 15) is 0 Å². The number of hydrogen-bond acceptors (Lipinski definition) is 3. The molecule has 4 aliphatic rings. The zero-order chi connectivity index (χ0) is 12.7. The Morgan fingerprint density at radius 1 is 0.684 bits per heavy atom. The minimum atomic E-state index is -0.254. The summed E-state index contributed by atoms with van der Waals surface area (Å²) in [5.74, 6) is 0.941. The first-order chi connectivity index (χ1) is 9.38. The van der Waals surface area contributed by atoms with E-state index in [-0.39, 0.29) is 5.79 Å². The van der Waals surface area contributed by atoms with Crippen molar-refractivity contribution in [3.05, 3.63) is 0 Å². The third kappa shape index (κ3) is 2.24. The zero-order valence-corrected chi connectivity index (χ0v) is 11.8. The fraction of sp³-hybridized carbons (Fsp3) is 1.00. The highest BCUT2D eigenvalue weighted by Gasteiger charge is 2.55. The van der Waals surface area contributed by atoms with E-state index in [4.69, 9.17) is 14.2 Å². The van der Waals surface area contributed by atoms with E-state index in [1.165, 1.54) is 51.4 Å². The third-order valence-corrected chi connectivity index (χ3v) is 5.69. The van der Waals surface area contributed by atoms with Gasteiger partial charge in [-0.2, -0.15) is 0 Å². The Kier molecular flexibility index (Phi) is 3.33. The van der Waals surface area contributed by atoms with Gasteiger partial charge >= 0.3 is 0 Å². The molecule has 2 heterocycles. The lowest BCUT2D eigenvalue weighted by atomic mass is 9.72. The van der Waals surface area contributed by atoms with Crippen LogP contribution in [0.5, 0.6) is 0 Å². The molecule has 2 aliphatic carbocycles. The van der Waals surface area contributed by atoms with E-state index in [1.54, 1.807) is 0 Å². The summed E-state index contributed by atoms with van der Waals surface area (Å²) >= 11 is 0. The van der Waals surface area contributed by atoms with Crippen LogP contribution in [0, 0.1) is 11.8 Å². The van der Waals surface area contributed by atoms with Crippen molar-refractivity contribution in [3.63, 3.8) is 0 Å². The summed E-state index contributed by atoms with van der Waals surface area (Å²) in [7, 11) is 0. The van der Waals surface area contributed by atoms with Gasteiger partial charge in [0.1, 0.15) is 0 Å². The molecule has 4 rings (SSSR count). The molecule has 3 nitrogen and oxygen atoms in total. The summed E-state index contributed by atoms with van der Waals surface area (Å²) in [6.45, 7) is 1.78. The smallest absolute Gasteiger partial charge is 0.173 e. The molecular weight excluding hydrogens is 240 g/mol. The predicted molar refractivity (Wildman–Crippen MR) is 71.8 cm³/mol. The maximum atomic E-state index is 6.33. The molecule has 2 saturated heterocycles. The molecule has 3 atom stereocenters. The molecule has 0 radical (unpaired) electrons. The largest absolute Gasteiger partial charge is 0.370 e. The lowest BCUT2D eigenvalue weighted by molar-refractivity contribution is -0.327. The molecule has 3 unspecified atom stereocenters. The van der Waals surface area contributed by atoms with E-state index in [1.807, 2.05) is 0 Å². The van der Waals surface area contributed by atoms with Gasteiger partial charge in [-0.1, -0.05) is 19.3 Å². The summed E-state index contributed by atoms with van der Waals surface area (Å²) in [6.07, 6.45) is 12.5. The van der Waals surface area contributed by atoms with Crippen LogP contribution in [0.25, 0.3) is 0 Å². The van der Waals surface area contributed by atoms with Gasteiger partial charge in [0.2, 0.25) is 0 Å². The fourth-order valence-corrected chi connectivity index (χ4v) is 4.64. The van der Waals surface area contributed by atoms with Crippen LogP contribution in [0.4, 0.5) is 0 Å². The summed E-state index contributed by atoms with van der Waals surface area (Å²) in [5, 5.41) is 0. The van der Waals surface area contributed by atoms with E-state index < -0.39 is 0 Å². The fourth-order valence-electron chi connectivity index (χ4n) is 4.64. The number of fused-ring (bicyclic) bond motifs is 1. The number of ether oxygens (including phenoxy) is 3. The molecule has 0 bridgehead atoms. The minimum absolute atomic E-state index is 0.254. The highest BCUT2D eigenvalue weighted by Crippen LogP contribution is 2.50. The number of rotatable bonds is 2. The van der Waals surface area contributed by atoms with Crippen molar-refractivity contribution in [1.29, 1.82) is 0 Å². The van der Waals surface area contributed by atoms with Crippen molar-refractivity contribution in [1.82, 2.24) is 0 Å². The molecule has 108 valence electrons. The number of epoxide rings is 1. The van der Waals surface area contributed by atoms with Crippen molar-refractivity contribution in [2.75, 3.05) is 13.2 Å². The Hall–Kier alpha value is -0.120. The molecule has 3 heteroatoms. The van der Waals surface area contributed by atoms with E-state index in [0.29, 0.717) is 24.0 Å². The second-order valence-electron chi connectivity index (χ2n) is 6.83. The first kappa shape index (κ1) is 12.6. The van der Waals surface area contributed by atoms with Gasteiger partial charge in [-0.3, -0.25) is 0 Å². The summed E-state index contributed by atoms with van der Waals surface area (Å²) in [4.78, 5) is 0. The average Bonchev–Trinajstić information content (AvgIpc) is 3.27.